The Morgan fingerprint density at radius 3 is 2.65 bits per heavy atom. The molecule has 0 saturated carbocycles. The van der Waals surface area contributed by atoms with Crippen LogP contribution >= 0.6 is 0 Å². The van der Waals surface area contributed by atoms with Crippen LogP contribution in [0.4, 0.5) is 0 Å². The largest absolute Gasteiger partial charge is 0.461 e. The van der Waals surface area contributed by atoms with Crippen LogP contribution < -0.4 is 5.32 Å². The fraction of sp³-hybridized carbons (Fsp3) is 0.824. The van der Waals surface area contributed by atoms with Gasteiger partial charge in [-0.15, -0.1) is 0 Å². The van der Waals surface area contributed by atoms with Gasteiger partial charge in [0.1, 0.15) is 18.2 Å². The van der Waals surface area contributed by atoms with E-state index in [1.807, 2.05) is 0 Å². The van der Waals surface area contributed by atoms with E-state index < -0.39 is 12.0 Å². The summed E-state index contributed by atoms with van der Waals surface area (Å²) in [5.41, 5.74) is 0. The third-order valence-electron chi connectivity index (χ3n) is 4.23. The quantitative estimate of drug-likeness (QED) is 0.338. The molecule has 1 aliphatic rings. The van der Waals surface area contributed by atoms with Crippen molar-refractivity contribution in [3.8, 4) is 0 Å². The first-order valence-electron chi connectivity index (χ1n) is 8.64. The van der Waals surface area contributed by atoms with Crippen LogP contribution in [0.15, 0.2) is 0 Å². The maximum Gasteiger partial charge on any atom is 0.328 e. The lowest BCUT2D eigenvalue weighted by Crippen LogP contribution is -2.47. The van der Waals surface area contributed by atoms with E-state index in [1.54, 1.807) is 13.8 Å². The van der Waals surface area contributed by atoms with Gasteiger partial charge in [0, 0.05) is 6.42 Å². The minimum Gasteiger partial charge on any atom is -0.461 e. The van der Waals surface area contributed by atoms with Gasteiger partial charge in [-0.1, -0.05) is 39.5 Å². The monoisotopic (exact) mass is 327 g/mol. The van der Waals surface area contributed by atoms with E-state index in [4.69, 9.17) is 9.47 Å². The normalized spacial score (nSPS) is 22.5. The van der Waals surface area contributed by atoms with Crippen molar-refractivity contribution in [1.82, 2.24) is 5.32 Å². The molecule has 4 atom stereocenters. The zero-order valence-corrected chi connectivity index (χ0v) is 14.4. The molecule has 0 aromatic carbocycles. The predicted molar refractivity (Wildman–Crippen MR) is 85.6 cm³/mol. The van der Waals surface area contributed by atoms with E-state index in [-0.39, 0.29) is 24.1 Å². The van der Waals surface area contributed by atoms with E-state index in [9.17, 15) is 14.4 Å². The summed E-state index contributed by atoms with van der Waals surface area (Å²) in [5, 5.41) is 2.43. The van der Waals surface area contributed by atoms with Crippen LogP contribution in [0, 0.1) is 5.92 Å². The van der Waals surface area contributed by atoms with Crippen LogP contribution in [-0.2, 0) is 23.9 Å². The van der Waals surface area contributed by atoms with Crippen LogP contribution in [0.5, 0.6) is 0 Å². The summed E-state index contributed by atoms with van der Waals surface area (Å²) in [6, 6.07) is -0.622. The second kappa shape index (κ2) is 10.2. The van der Waals surface area contributed by atoms with Crippen molar-refractivity contribution in [3.05, 3.63) is 0 Å². The molecule has 2 unspecified atom stereocenters. The predicted octanol–water partition coefficient (Wildman–Crippen LogP) is 2.34. The molecule has 23 heavy (non-hydrogen) atoms. The lowest BCUT2D eigenvalue weighted by atomic mass is 9.87. The molecule has 0 aromatic heterocycles. The summed E-state index contributed by atoms with van der Waals surface area (Å²) in [5.74, 6) is -0.653. The zero-order valence-electron chi connectivity index (χ0n) is 14.4. The molecule has 1 fully saturated rings. The van der Waals surface area contributed by atoms with Crippen LogP contribution in [0.25, 0.3) is 0 Å². The summed E-state index contributed by atoms with van der Waals surface area (Å²) in [4.78, 5) is 33.9. The lowest BCUT2D eigenvalue weighted by molar-refractivity contribution is -0.189. The van der Waals surface area contributed by atoms with E-state index in [1.165, 1.54) is 12.8 Å². The minimum absolute atomic E-state index is 0.0666. The van der Waals surface area contributed by atoms with Gasteiger partial charge in [0.05, 0.1) is 5.92 Å². The number of hydrogen-bond acceptors (Lipinski definition) is 5. The Bertz CT molecular complexity index is 398. The minimum atomic E-state index is -0.622. The smallest absolute Gasteiger partial charge is 0.328 e. The first kappa shape index (κ1) is 19.5. The maximum atomic E-state index is 11.9. The molecule has 0 radical (unpaired) electrons. The second-order valence-corrected chi connectivity index (χ2v) is 6.16. The highest BCUT2D eigenvalue weighted by Gasteiger charge is 2.42. The van der Waals surface area contributed by atoms with Gasteiger partial charge in [0.15, 0.2) is 0 Å². The van der Waals surface area contributed by atoms with Crippen LogP contribution in [0.1, 0.15) is 65.7 Å². The Labute approximate surface area is 138 Å². The van der Waals surface area contributed by atoms with Gasteiger partial charge >= 0.3 is 11.9 Å². The van der Waals surface area contributed by atoms with Crippen molar-refractivity contribution >= 4 is 18.3 Å². The van der Waals surface area contributed by atoms with Crippen LogP contribution in [0.2, 0.25) is 0 Å². The van der Waals surface area contributed by atoms with Crippen molar-refractivity contribution in [2.45, 2.75) is 84.0 Å². The first-order chi connectivity index (χ1) is 11.0. The topological polar surface area (TPSA) is 81.7 Å². The molecule has 1 aliphatic heterocycles. The van der Waals surface area contributed by atoms with Gasteiger partial charge in [-0.05, 0) is 19.8 Å². The number of hydrogen-bond donors (Lipinski definition) is 1. The Hall–Kier alpha value is -1.59. The molecule has 0 aromatic rings. The summed E-state index contributed by atoms with van der Waals surface area (Å²) in [6.07, 6.45) is 6.33. The van der Waals surface area contributed by atoms with Crippen molar-refractivity contribution in [3.63, 3.8) is 0 Å². The molecule has 6 heteroatoms. The number of amides is 1. The third kappa shape index (κ3) is 6.20. The van der Waals surface area contributed by atoms with Gasteiger partial charge in [-0.25, -0.2) is 4.79 Å². The van der Waals surface area contributed by atoms with Crippen LogP contribution in [0.3, 0.4) is 0 Å². The third-order valence-corrected chi connectivity index (χ3v) is 4.23. The van der Waals surface area contributed by atoms with Gasteiger partial charge in [-0.3, -0.25) is 9.59 Å². The number of cyclic esters (lactones) is 1. The first-order valence-corrected chi connectivity index (χ1v) is 8.64. The molecule has 132 valence electrons. The fourth-order valence-electron chi connectivity index (χ4n) is 2.80. The molecule has 1 N–H and O–H groups in total. The number of esters is 2. The standard InChI is InChI=1S/C17H29NO5/c1-4-6-7-8-9-13-15(23-16(13)20)10-12(3)22-17(21)14(5-2)18-11-19/h11-15H,4-10H2,1-3H3,(H,18,19)/t12?,13-,14-,15?/m0/s1. The lowest BCUT2D eigenvalue weighted by Gasteiger charge is -2.36. The molecule has 1 amide bonds. The maximum absolute atomic E-state index is 11.9. The molecule has 0 bridgehead atoms. The number of ether oxygens (including phenoxy) is 2. The molecule has 1 heterocycles. The Kier molecular flexibility index (Phi) is 8.66. The highest BCUT2D eigenvalue weighted by atomic mass is 16.6. The summed E-state index contributed by atoms with van der Waals surface area (Å²) in [7, 11) is 0. The molecular formula is C17H29NO5. The van der Waals surface area contributed by atoms with Gasteiger partial charge in [0.25, 0.3) is 0 Å². The highest BCUT2D eigenvalue weighted by Crippen LogP contribution is 2.31. The molecule has 1 rings (SSSR count). The average Bonchev–Trinajstić information content (AvgIpc) is 2.51. The Morgan fingerprint density at radius 1 is 1.35 bits per heavy atom. The molecular weight excluding hydrogens is 298 g/mol. The number of carbonyl (C=O) groups is 3. The molecule has 0 spiro atoms. The van der Waals surface area contributed by atoms with E-state index in [0.29, 0.717) is 19.3 Å². The van der Waals surface area contributed by atoms with Gasteiger partial charge < -0.3 is 14.8 Å². The second-order valence-electron chi connectivity index (χ2n) is 6.16. The van der Waals surface area contributed by atoms with Gasteiger partial charge in [-0.2, -0.15) is 0 Å². The van der Waals surface area contributed by atoms with Crippen molar-refractivity contribution in [2.24, 2.45) is 5.92 Å². The average molecular weight is 327 g/mol. The van der Waals surface area contributed by atoms with Crippen molar-refractivity contribution < 1.29 is 23.9 Å². The number of nitrogens with one attached hydrogen (secondary N) is 1. The van der Waals surface area contributed by atoms with Crippen LogP contribution in [-0.4, -0.2) is 36.6 Å². The molecule has 6 nitrogen and oxygen atoms in total. The van der Waals surface area contributed by atoms with Gasteiger partial charge in [0.2, 0.25) is 6.41 Å². The Balaban J connectivity index is 2.35. The van der Waals surface area contributed by atoms with E-state index >= 15 is 0 Å². The summed E-state index contributed by atoms with van der Waals surface area (Å²) in [6.45, 7) is 5.73. The molecule has 0 aliphatic carbocycles. The Morgan fingerprint density at radius 2 is 2.09 bits per heavy atom. The van der Waals surface area contributed by atoms with Crippen molar-refractivity contribution in [2.75, 3.05) is 0 Å². The summed E-state index contributed by atoms with van der Waals surface area (Å²) >= 11 is 0. The highest BCUT2D eigenvalue weighted by molar-refractivity contribution is 5.79. The van der Waals surface area contributed by atoms with E-state index in [0.717, 1.165) is 19.3 Å². The number of carbonyl (C=O) groups excluding carboxylic acids is 3. The zero-order chi connectivity index (χ0) is 17.2. The van der Waals surface area contributed by atoms with E-state index in [2.05, 4.69) is 12.2 Å². The molecule has 1 saturated heterocycles. The number of unbranched alkanes of at least 4 members (excludes halogenated alkanes) is 3. The SMILES string of the molecule is CCCCCC[C@@H]1C(=O)OC1CC(C)OC(=O)[C@H](CC)NC=O. The fourth-order valence-corrected chi connectivity index (χ4v) is 2.80. The van der Waals surface area contributed by atoms with Crippen molar-refractivity contribution in [1.29, 1.82) is 0 Å². The number of rotatable bonds is 12. The summed E-state index contributed by atoms with van der Waals surface area (Å²) < 4.78 is 10.5.